The lowest BCUT2D eigenvalue weighted by atomic mass is 10.1. The van der Waals surface area contributed by atoms with Gasteiger partial charge in [0.25, 0.3) is 0 Å². The molecule has 0 fully saturated rings. The van der Waals surface area contributed by atoms with Crippen molar-refractivity contribution in [1.29, 1.82) is 0 Å². The van der Waals surface area contributed by atoms with Crippen molar-refractivity contribution in [2.45, 2.75) is 71.1 Å². The number of hydrogen-bond donors (Lipinski definition) is 2. The molecule has 104 valence electrons. The number of unbranched alkanes of at least 4 members (excludes halogenated alkanes) is 9. The molecule has 0 spiro atoms. The predicted molar refractivity (Wildman–Crippen MR) is 81.6 cm³/mol. The zero-order valence-corrected chi connectivity index (χ0v) is 13.2. The Hall–Kier alpha value is 0.700. The van der Waals surface area contributed by atoms with Crippen LogP contribution in [0.4, 0.5) is 0 Å². The summed E-state index contributed by atoms with van der Waals surface area (Å²) < 4.78 is 0. The van der Waals surface area contributed by atoms with Crippen LogP contribution >= 0.6 is 18.3 Å². The summed E-state index contributed by atoms with van der Waals surface area (Å²) in [7, 11) is 0. The van der Waals surface area contributed by atoms with Crippen LogP contribution in [-0.2, 0) is 0 Å². The maximum atomic E-state index is 9.19. The fraction of sp³-hybridized carbons (Fsp3) is 1.00. The molecule has 2 nitrogen and oxygen atoms in total. The first kappa shape index (κ1) is 17.7. The Morgan fingerprint density at radius 2 is 1.18 bits per heavy atom. The van der Waals surface area contributed by atoms with Gasteiger partial charge in [0.1, 0.15) is 6.66 Å². The van der Waals surface area contributed by atoms with Gasteiger partial charge in [0, 0.05) is 5.75 Å². The average molecular weight is 281 g/mol. The lowest BCUT2D eigenvalue weighted by Crippen LogP contribution is -1.86. The highest BCUT2D eigenvalue weighted by atomic mass is 32.7. The van der Waals surface area contributed by atoms with E-state index in [1.807, 2.05) is 0 Å². The van der Waals surface area contributed by atoms with Crippen LogP contribution in [0.2, 0.25) is 0 Å². The van der Waals surface area contributed by atoms with Crippen LogP contribution in [0.5, 0.6) is 0 Å². The Balaban J connectivity index is 2.99. The quantitative estimate of drug-likeness (QED) is 0.390. The largest absolute Gasteiger partial charge is 0.323 e. The van der Waals surface area contributed by atoms with Crippen molar-refractivity contribution in [3.05, 3.63) is 0 Å². The Bertz CT molecular complexity index is 160. The van der Waals surface area contributed by atoms with E-state index in [1.165, 1.54) is 75.8 Å². The molecule has 17 heavy (non-hydrogen) atoms. The summed E-state index contributed by atoms with van der Waals surface area (Å²) in [5.41, 5.74) is 0. The molecule has 0 aliphatic rings. The maximum Gasteiger partial charge on any atom is 0.323 e. The lowest BCUT2D eigenvalue weighted by molar-refractivity contribution is 0.483. The van der Waals surface area contributed by atoms with Gasteiger partial charge in [-0.2, -0.15) is 0 Å². The van der Waals surface area contributed by atoms with Gasteiger partial charge in [-0.25, -0.2) is 9.79 Å². The molecule has 0 amide bonds. The van der Waals surface area contributed by atoms with E-state index in [0.717, 1.165) is 12.2 Å². The molecule has 0 bridgehead atoms. The van der Waals surface area contributed by atoms with Crippen molar-refractivity contribution in [3.63, 3.8) is 0 Å². The average Bonchev–Trinajstić information content (AvgIpc) is 2.24. The maximum absolute atomic E-state index is 9.19. The topological polar surface area (TPSA) is 40.5 Å². The molecule has 0 saturated carbocycles. The molecule has 0 aromatic carbocycles. The normalized spacial score (nSPS) is 12.0. The minimum absolute atomic E-state index is 0.897. The summed E-state index contributed by atoms with van der Waals surface area (Å²) in [5.74, 6) is 0.897. The van der Waals surface area contributed by atoms with Gasteiger partial charge in [-0.1, -0.05) is 64.7 Å². The first-order valence-corrected chi connectivity index (χ1v) is 10.8. The van der Waals surface area contributed by atoms with E-state index in [1.54, 1.807) is 0 Å². The second kappa shape index (κ2) is 11.8. The third kappa shape index (κ3) is 16.7. The van der Waals surface area contributed by atoms with E-state index in [4.69, 9.17) is 0 Å². The molecule has 0 aromatic rings. The highest BCUT2D eigenvalue weighted by Crippen LogP contribution is 2.59. The third-order valence-electron chi connectivity index (χ3n) is 2.83. The summed E-state index contributed by atoms with van der Waals surface area (Å²) in [4.78, 5) is 18.4. The first-order valence-electron chi connectivity index (χ1n) is 7.03. The molecule has 2 N–H and O–H groups in total. The minimum Gasteiger partial charge on any atom is -0.208 e. The molecule has 0 atom stereocenters. The van der Waals surface area contributed by atoms with E-state index in [0.29, 0.717) is 0 Å². The van der Waals surface area contributed by atoms with Crippen LogP contribution in [0.1, 0.15) is 71.1 Å². The van der Waals surface area contributed by atoms with Gasteiger partial charge >= 0.3 is 6.92 Å². The van der Waals surface area contributed by atoms with E-state index < -0.39 is 6.92 Å². The van der Waals surface area contributed by atoms with Gasteiger partial charge in [0.05, 0.1) is 11.4 Å². The van der Waals surface area contributed by atoms with E-state index in [9.17, 15) is 9.79 Å². The molecule has 0 radical (unpaired) electrons. The second-order valence-electron chi connectivity index (χ2n) is 4.85. The highest BCUT2D eigenvalue weighted by molar-refractivity contribution is 8.58. The van der Waals surface area contributed by atoms with E-state index >= 15 is 0 Å². The van der Waals surface area contributed by atoms with Gasteiger partial charge < -0.3 is 0 Å². The minimum atomic E-state index is -2.58. The predicted octanol–water partition coefficient (Wildman–Crippen LogP) is 5.02. The summed E-state index contributed by atoms with van der Waals surface area (Å²) in [6, 6.07) is 0. The molecule has 0 aromatic heterocycles. The molecule has 0 rings (SSSR count). The van der Waals surface area contributed by atoms with Crippen LogP contribution in [0.15, 0.2) is 0 Å². The zero-order valence-electron chi connectivity index (χ0n) is 11.5. The van der Waals surface area contributed by atoms with Crippen molar-refractivity contribution in [1.82, 2.24) is 0 Å². The molecular formula is C13H30O2PS+. The zero-order chi connectivity index (χ0) is 13.0. The van der Waals surface area contributed by atoms with E-state index in [-0.39, 0.29) is 0 Å². The van der Waals surface area contributed by atoms with Crippen LogP contribution < -0.4 is 0 Å². The van der Waals surface area contributed by atoms with Crippen molar-refractivity contribution in [2.24, 2.45) is 0 Å². The third-order valence-corrected chi connectivity index (χ3v) is 5.81. The Kier molecular flexibility index (Phi) is 12.3. The fourth-order valence-corrected chi connectivity index (χ4v) is 3.93. The Morgan fingerprint density at radius 1 is 0.765 bits per heavy atom. The molecule has 0 unspecified atom stereocenters. The first-order chi connectivity index (χ1) is 8.06. The van der Waals surface area contributed by atoms with Crippen LogP contribution in [0, 0.1) is 0 Å². The standard InChI is InChI=1S/C13H30O2PS/c1-3-4-5-6-7-8-9-10-11-12-13-17-16(2,14)15/h14-15H,3-13H2,1-2H3/q+1. The summed E-state index contributed by atoms with van der Waals surface area (Å²) >= 11 is 1.33. The molecular weight excluding hydrogens is 251 g/mol. The van der Waals surface area contributed by atoms with Gasteiger partial charge in [0.2, 0.25) is 0 Å². The molecule has 0 heterocycles. The Morgan fingerprint density at radius 3 is 1.59 bits per heavy atom. The van der Waals surface area contributed by atoms with Gasteiger partial charge in [-0.05, 0) is 6.42 Å². The van der Waals surface area contributed by atoms with E-state index in [2.05, 4.69) is 6.92 Å². The number of rotatable bonds is 12. The molecule has 0 aliphatic carbocycles. The summed E-state index contributed by atoms with van der Waals surface area (Å²) in [6.45, 7) is 1.21. The Labute approximate surface area is 112 Å². The second-order valence-corrected chi connectivity index (χ2v) is 10.0. The smallest absolute Gasteiger partial charge is 0.208 e. The highest BCUT2D eigenvalue weighted by Gasteiger charge is 2.25. The van der Waals surface area contributed by atoms with Crippen molar-refractivity contribution in [3.8, 4) is 0 Å². The molecule has 0 saturated heterocycles. The summed E-state index contributed by atoms with van der Waals surface area (Å²) in [5, 5.41) is 0. The van der Waals surface area contributed by atoms with Crippen molar-refractivity contribution < 1.29 is 9.79 Å². The molecule has 0 aliphatic heterocycles. The van der Waals surface area contributed by atoms with Gasteiger partial charge in [0.15, 0.2) is 0 Å². The van der Waals surface area contributed by atoms with Crippen LogP contribution in [0.25, 0.3) is 0 Å². The fourth-order valence-electron chi connectivity index (χ4n) is 1.83. The monoisotopic (exact) mass is 281 g/mol. The van der Waals surface area contributed by atoms with Gasteiger partial charge in [-0.3, -0.25) is 0 Å². The molecule has 4 heteroatoms. The lowest BCUT2D eigenvalue weighted by Gasteiger charge is -2.04. The van der Waals surface area contributed by atoms with Gasteiger partial charge in [-0.15, -0.1) is 0 Å². The summed E-state index contributed by atoms with van der Waals surface area (Å²) in [6.07, 6.45) is 13.3. The van der Waals surface area contributed by atoms with Crippen LogP contribution in [-0.4, -0.2) is 22.2 Å². The SMILES string of the molecule is CCCCCCCCCCCCS[P+](C)(O)O. The van der Waals surface area contributed by atoms with Crippen LogP contribution in [0.3, 0.4) is 0 Å². The van der Waals surface area contributed by atoms with Crippen molar-refractivity contribution in [2.75, 3.05) is 12.4 Å². The van der Waals surface area contributed by atoms with Crippen molar-refractivity contribution >= 4 is 18.3 Å². The number of hydrogen-bond acceptors (Lipinski definition) is 3.